The Bertz CT molecular complexity index is 408. The molecule has 0 spiro atoms. The highest BCUT2D eigenvalue weighted by Gasteiger charge is 2.27. The summed E-state index contributed by atoms with van der Waals surface area (Å²) in [6.45, 7) is 1.07. The van der Waals surface area contributed by atoms with Gasteiger partial charge < -0.3 is 10.1 Å². The summed E-state index contributed by atoms with van der Waals surface area (Å²) >= 11 is 6.19. The average molecular weight is 282 g/mol. The van der Waals surface area contributed by atoms with Gasteiger partial charge in [0.25, 0.3) is 0 Å². The monoisotopic (exact) mass is 281 g/mol. The maximum absolute atomic E-state index is 6.19. The maximum Gasteiger partial charge on any atom is 0.122 e. The van der Waals surface area contributed by atoms with Crippen molar-refractivity contribution >= 4 is 11.6 Å². The fourth-order valence-electron chi connectivity index (χ4n) is 3.30. The number of nitrogens with one attached hydrogen (secondary N) is 1. The maximum atomic E-state index is 6.19. The van der Waals surface area contributed by atoms with Crippen molar-refractivity contribution in [1.82, 2.24) is 5.32 Å². The second kappa shape index (κ2) is 7.16. The largest absolute Gasteiger partial charge is 0.496 e. The first-order chi connectivity index (χ1) is 9.26. The molecule has 3 heteroatoms. The summed E-state index contributed by atoms with van der Waals surface area (Å²) in [4.78, 5) is 0. The molecule has 1 aliphatic rings. The molecular weight excluding hydrogens is 258 g/mol. The van der Waals surface area contributed by atoms with E-state index in [1.54, 1.807) is 7.11 Å². The van der Waals surface area contributed by atoms with Crippen molar-refractivity contribution in [2.75, 3.05) is 20.7 Å². The minimum absolute atomic E-state index is 0.559. The number of hydrogen-bond acceptors (Lipinski definition) is 2. The van der Waals surface area contributed by atoms with Gasteiger partial charge in [-0.2, -0.15) is 0 Å². The highest BCUT2D eigenvalue weighted by Crippen LogP contribution is 2.41. The van der Waals surface area contributed by atoms with Gasteiger partial charge in [0.15, 0.2) is 0 Å². The third kappa shape index (κ3) is 3.64. The number of hydrogen-bond donors (Lipinski definition) is 1. The van der Waals surface area contributed by atoms with Crippen LogP contribution in [0.2, 0.25) is 5.02 Å². The smallest absolute Gasteiger partial charge is 0.122 e. The van der Waals surface area contributed by atoms with Crippen LogP contribution in [0.1, 0.15) is 43.6 Å². The van der Waals surface area contributed by atoms with Gasteiger partial charge in [0.2, 0.25) is 0 Å². The molecule has 0 aliphatic heterocycles. The van der Waals surface area contributed by atoms with Crippen LogP contribution in [-0.4, -0.2) is 20.7 Å². The Morgan fingerprint density at radius 1 is 1.26 bits per heavy atom. The zero-order valence-electron chi connectivity index (χ0n) is 11.9. The summed E-state index contributed by atoms with van der Waals surface area (Å²) in [6.07, 6.45) is 6.52. The Hall–Kier alpha value is -0.730. The molecule has 2 rings (SSSR count). The highest BCUT2D eigenvalue weighted by molar-refractivity contribution is 6.30. The molecule has 0 bridgehead atoms. The van der Waals surface area contributed by atoms with E-state index in [0.29, 0.717) is 11.8 Å². The van der Waals surface area contributed by atoms with Gasteiger partial charge in [-0.05, 0) is 62.0 Å². The number of ether oxygens (including phenoxy) is 1. The first kappa shape index (κ1) is 14.7. The van der Waals surface area contributed by atoms with Crippen LogP contribution in [0.4, 0.5) is 0 Å². The number of halogens is 1. The van der Waals surface area contributed by atoms with Gasteiger partial charge in [0, 0.05) is 5.02 Å². The lowest BCUT2D eigenvalue weighted by molar-refractivity contribution is 0.360. The van der Waals surface area contributed by atoms with Gasteiger partial charge in [0.1, 0.15) is 5.75 Å². The Morgan fingerprint density at radius 3 is 2.79 bits per heavy atom. The number of methoxy groups -OCH3 is 1. The summed E-state index contributed by atoms with van der Waals surface area (Å²) in [6, 6.07) is 6.01. The Labute approximate surface area is 121 Å². The van der Waals surface area contributed by atoms with E-state index in [1.165, 1.54) is 37.7 Å². The normalized spacial score (nSPS) is 23.9. The van der Waals surface area contributed by atoms with Gasteiger partial charge in [-0.3, -0.25) is 0 Å². The SMILES string of the molecule is CNCC1CCCCCC1c1cc(Cl)ccc1OC. The molecule has 0 radical (unpaired) electrons. The van der Waals surface area contributed by atoms with Crippen molar-refractivity contribution in [3.05, 3.63) is 28.8 Å². The third-order valence-electron chi connectivity index (χ3n) is 4.22. The van der Waals surface area contributed by atoms with Crippen LogP contribution in [0, 0.1) is 5.92 Å². The molecule has 0 aromatic heterocycles. The zero-order valence-corrected chi connectivity index (χ0v) is 12.7. The van der Waals surface area contributed by atoms with E-state index >= 15 is 0 Å². The Kier molecular flexibility index (Phi) is 5.53. The van der Waals surface area contributed by atoms with E-state index in [2.05, 4.69) is 11.4 Å². The van der Waals surface area contributed by atoms with Crippen LogP contribution in [0.5, 0.6) is 5.75 Å². The summed E-state index contributed by atoms with van der Waals surface area (Å²) in [5.41, 5.74) is 1.29. The second-order valence-electron chi connectivity index (χ2n) is 5.45. The minimum atomic E-state index is 0.559. The number of rotatable bonds is 4. The molecule has 2 unspecified atom stereocenters. The van der Waals surface area contributed by atoms with Crippen molar-refractivity contribution in [2.45, 2.75) is 38.0 Å². The van der Waals surface area contributed by atoms with E-state index in [1.807, 2.05) is 19.2 Å². The third-order valence-corrected chi connectivity index (χ3v) is 4.45. The lowest BCUT2D eigenvalue weighted by atomic mass is 9.82. The molecule has 1 aromatic rings. The van der Waals surface area contributed by atoms with Crippen LogP contribution in [-0.2, 0) is 0 Å². The van der Waals surface area contributed by atoms with Crippen LogP contribution in [0.15, 0.2) is 18.2 Å². The molecule has 1 aliphatic carbocycles. The summed E-state index contributed by atoms with van der Waals surface area (Å²) in [7, 11) is 3.79. The molecule has 1 saturated carbocycles. The molecule has 19 heavy (non-hydrogen) atoms. The molecule has 1 N–H and O–H groups in total. The van der Waals surface area contributed by atoms with Crippen LogP contribution in [0.3, 0.4) is 0 Å². The van der Waals surface area contributed by atoms with Gasteiger partial charge in [0.05, 0.1) is 7.11 Å². The van der Waals surface area contributed by atoms with Gasteiger partial charge in [-0.15, -0.1) is 0 Å². The Balaban J connectivity index is 2.31. The second-order valence-corrected chi connectivity index (χ2v) is 5.88. The van der Waals surface area contributed by atoms with Crippen LogP contribution in [0.25, 0.3) is 0 Å². The molecule has 1 fully saturated rings. The predicted molar refractivity (Wildman–Crippen MR) is 81.2 cm³/mol. The van der Waals surface area contributed by atoms with Crippen molar-refractivity contribution in [1.29, 1.82) is 0 Å². The quantitative estimate of drug-likeness (QED) is 0.834. The first-order valence-electron chi connectivity index (χ1n) is 7.24. The van der Waals surface area contributed by atoms with E-state index in [4.69, 9.17) is 16.3 Å². The minimum Gasteiger partial charge on any atom is -0.496 e. The fraction of sp³-hybridized carbons (Fsp3) is 0.625. The predicted octanol–water partition coefficient (Wildman–Crippen LogP) is 4.23. The van der Waals surface area contributed by atoms with Crippen molar-refractivity contribution in [3.63, 3.8) is 0 Å². The molecule has 0 heterocycles. The van der Waals surface area contributed by atoms with E-state index in [-0.39, 0.29) is 0 Å². The topological polar surface area (TPSA) is 21.3 Å². The van der Waals surface area contributed by atoms with Gasteiger partial charge in [-0.25, -0.2) is 0 Å². The Morgan fingerprint density at radius 2 is 2.05 bits per heavy atom. The number of benzene rings is 1. The van der Waals surface area contributed by atoms with E-state index in [9.17, 15) is 0 Å². The molecule has 106 valence electrons. The molecule has 2 nitrogen and oxygen atoms in total. The average Bonchev–Trinajstić information content (AvgIpc) is 2.64. The first-order valence-corrected chi connectivity index (χ1v) is 7.62. The summed E-state index contributed by atoms with van der Waals surface area (Å²) in [5, 5.41) is 4.15. The highest BCUT2D eigenvalue weighted by atomic mass is 35.5. The van der Waals surface area contributed by atoms with E-state index in [0.717, 1.165) is 17.3 Å². The van der Waals surface area contributed by atoms with Crippen LogP contribution >= 0.6 is 11.6 Å². The lowest BCUT2D eigenvalue weighted by Crippen LogP contribution is -2.24. The zero-order chi connectivity index (χ0) is 13.7. The molecular formula is C16H24ClNO. The lowest BCUT2D eigenvalue weighted by Gasteiger charge is -2.27. The van der Waals surface area contributed by atoms with Crippen LogP contribution < -0.4 is 10.1 Å². The fourth-order valence-corrected chi connectivity index (χ4v) is 3.48. The summed E-state index contributed by atoms with van der Waals surface area (Å²) < 4.78 is 5.54. The van der Waals surface area contributed by atoms with Gasteiger partial charge >= 0.3 is 0 Å². The molecule has 0 amide bonds. The standard InChI is InChI=1S/C16H24ClNO/c1-18-11-12-6-4-3-5-7-14(12)15-10-13(17)8-9-16(15)19-2/h8-10,12,14,18H,3-7,11H2,1-2H3. The molecule has 1 aromatic carbocycles. The van der Waals surface area contributed by atoms with Crippen molar-refractivity contribution in [2.24, 2.45) is 5.92 Å². The van der Waals surface area contributed by atoms with Crippen molar-refractivity contribution in [3.8, 4) is 5.75 Å². The van der Waals surface area contributed by atoms with Crippen molar-refractivity contribution < 1.29 is 4.74 Å². The van der Waals surface area contributed by atoms with Gasteiger partial charge in [-0.1, -0.05) is 30.9 Å². The van der Waals surface area contributed by atoms with E-state index < -0.39 is 0 Å². The molecule has 0 saturated heterocycles. The summed E-state index contributed by atoms with van der Waals surface area (Å²) in [5.74, 6) is 2.22. The molecule has 2 atom stereocenters.